The van der Waals surface area contributed by atoms with Gasteiger partial charge in [0.25, 0.3) is 5.56 Å². The second kappa shape index (κ2) is 6.66. The van der Waals surface area contributed by atoms with Crippen LogP contribution in [0.25, 0.3) is 22.4 Å². The quantitative estimate of drug-likeness (QED) is 0.502. The zero-order chi connectivity index (χ0) is 18.3. The van der Waals surface area contributed by atoms with Gasteiger partial charge in [0.15, 0.2) is 5.82 Å². The third-order valence-electron chi connectivity index (χ3n) is 4.11. The second-order valence-corrected chi connectivity index (χ2v) is 7.68. The summed E-state index contributed by atoms with van der Waals surface area (Å²) in [6.07, 6.45) is 1.83. The fourth-order valence-corrected chi connectivity index (χ4v) is 4.10. The molecule has 0 atom stereocenters. The Morgan fingerprint density at radius 1 is 1.19 bits per heavy atom. The molecule has 0 N–H and O–H groups in total. The average molecular weight is 428 g/mol. The van der Waals surface area contributed by atoms with Crippen molar-refractivity contribution in [1.29, 1.82) is 0 Å². The number of aryl methyl sites for hydroxylation is 1. The van der Waals surface area contributed by atoms with Crippen LogP contribution in [0.2, 0.25) is 0 Å². The van der Waals surface area contributed by atoms with Gasteiger partial charge in [0, 0.05) is 15.6 Å². The predicted molar refractivity (Wildman–Crippen MR) is 107 cm³/mol. The maximum Gasteiger partial charge on any atom is 0.276 e. The molecule has 0 aliphatic heterocycles. The highest BCUT2D eigenvalue weighted by atomic mass is 79.9. The molecule has 0 aliphatic rings. The van der Waals surface area contributed by atoms with E-state index in [9.17, 15) is 4.79 Å². The summed E-state index contributed by atoms with van der Waals surface area (Å²) in [7, 11) is 1.61. The van der Waals surface area contributed by atoms with Crippen molar-refractivity contribution in [3.8, 4) is 17.1 Å². The first-order valence-corrected chi connectivity index (χ1v) is 9.48. The van der Waals surface area contributed by atoms with E-state index in [1.54, 1.807) is 11.5 Å². The molecule has 2 heterocycles. The van der Waals surface area contributed by atoms with Gasteiger partial charge in [-0.2, -0.15) is 0 Å². The topological polar surface area (TPSA) is 56.5 Å². The van der Waals surface area contributed by atoms with Crippen LogP contribution in [0.5, 0.6) is 5.75 Å². The maximum atomic E-state index is 13.0. The summed E-state index contributed by atoms with van der Waals surface area (Å²) >= 11 is 4.77. The molecule has 0 amide bonds. The molecular formula is C19H14BrN3O2S. The van der Waals surface area contributed by atoms with Crippen molar-refractivity contribution in [3.05, 3.63) is 73.0 Å². The first-order valence-electron chi connectivity index (χ1n) is 7.87. The molecule has 0 aliphatic carbocycles. The van der Waals surface area contributed by atoms with Gasteiger partial charge in [-0.3, -0.25) is 4.79 Å². The molecule has 0 unspecified atom stereocenters. The second-order valence-electron chi connectivity index (χ2n) is 5.76. The number of benzene rings is 2. The maximum absolute atomic E-state index is 13.0. The molecule has 26 heavy (non-hydrogen) atoms. The Bertz CT molecular complexity index is 1230. The van der Waals surface area contributed by atoms with E-state index in [4.69, 9.17) is 4.74 Å². The van der Waals surface area contributed by atoms with E-state index in [2.05, 4.69) is 26.1 Å². The Morgan fingerprint density at radius 3 is 2.77 bits per heavy atom. The largest absolute Gasteiger partial charge is 0.496 e. The molecule has 130 valence electrons. The Balaban J connectivity index is 1.95. The van der Waals surface area contributed by atoms with E-state index < -0.39 is 0 Å². The standard InChI is InChI=1S/C19H14BrN3O2S/c1-11-5-3-4-6-14(11)17-21-22-19-23(17)18(24)16(26-19)10-12-9-13(20)7-8-15(12)25-2/h3-10H,1-2H3/b16-10-. The van der Waals surface area contributed by atoms with E-state index in [1.807, 2.05) is 55.5 Å². The van der Waals surface area contributed by atoms with Gasteiger partial charge in [0.05, 0.1) is 11.6 Å². The first kappa shape index (κ1) is 16.9. The molecule has 0 saturated heterocycles. The SMILES string of the molecule is COc1ccc(Br)cc1/C=c1\sc2nnc(-c3ccccc3C)n2c1=O. The van der Waals surface area contributed by atoms with Crippen molar-refractivity contribution < 1.29 is 4.74 Å². The van der Waals surface area contributed by atoms with Crippen LogP contribution in [-0.2, 0) is 0 Å². The summed E-state index contributed by atoms with van der Waals surface area (Å²) in [6.45, 7) is 1.99. The monoisotopic (exact) mass is 427 g/mol. The fourth-order valence-electron chi connectivity index (χ4n) is 2.82. The fraction of sp³-hybridized carbons (Fsp3) is 0.105. The molecular weight excluding hydrogens is 414 g/mol. The number of ether oxygens (including phenoxy) is 1. The van der Waals surface area contributed by atoms with Crippen LogP contribution in [-0.4, -0.2) is 21.7 Å². The van der Waals surface area contributed by atoms with Gasteiger partial charge in [-0.1, -0.05) is 51.5 Å². The summed E-state index contributed by atoms with van der Waals surface area (Å²) in [6, 6.07) is 13.5. The summed E-state index contributed by atoms with van der Waals surface area (Å²) in [5.74, 6) is 1.27. The van der Waals surface area contributed by atoms with Crippen LogP contribution in [0.1, 0.15) is 11.1 Å². The minimum Gasteiger partial charge on any atom is -0.496 e. The van der Waals surface area contributed by atoms with Gasteiger partial charge in [-0.15, -0.1) is 10.2 Å². The Morgan fingerprint density at radius 2 is 2.00 bits per heavy atom. The summed E-state index contributed by atoms with van der Waals surface area (Å²) in [5, 5.41) is 8.41. The Kier molecular flexibility index (Phi) is 4.34. The van der Waals surface area contributed by atoms with Crippen LogP contribution in [0.15, 0.2) is 51.7 Å². The molecule has 2 aromatic heterocycles. The summed E-state index contributed by atoms with van der Waals surface area (Å²) in [4.78, 5) is 13.6. The zero-order valence-electron chi connectivity index (χ0n) is 14.1. The van der Waals surface area contributed by atoms with Gasteiger partial charge < -0.3 is 4.74 Å². The van der Waals surface area contributed by atoms with E-state index in [1.165, 1.54) is 11.3 Å². The minimum absolute atomic E-state index is 0.129. The molecule has 0 radical (unpaired) electrons. The number of nitrogens with zero attached hydrogens (tertiary/aromatic N) is 3. The third kappa shape index (κ3) is 2.83. The molecule has 5 nitrogen and oxygen atoms in total. The molecule has 0 spiro atoms. The normalized spacial score (nSPS) is 12.0. The number of hydrogen-bond acceptors (Lipinski definition) is 5. The molecule has 0 bridgehead atoms. The van der Waals surface area contributed by atoms with Crippen LogP contribution >= 0.6 is 27.3 Å². The van der Waals surface area contributed by atoms with Crippen molar-refractivity contribution in [2.75, 3.05) is 7.11 Å². The van der Waals surface area contributed by atoms with Crippen molar-refractivity contribution in [1.82, 2.24) is 14.6 Å². The van der Waals surface area contributed by atoms with Crippen LogP contribution < -0.4 is 14.8 Å². The van der Waals surface area contributed by atoms with E-state index in [0.717, 1.165) is 21.2 Å². The van der Waals surface area contributed by atoms with Crippen molar-refractivity contribution in [2.24, 2.45) is 0 Å². The lowest BCUT2D eigenvalue weighted by Crippen LogP contribution is -2.23. The predicted octanol–water partition coefficient (Wildman–Crippen LogP) is 3.45. The number of rotatable bonds is 3. The third-order valence-corrected chi connectivity index (χ3v) is 5.57. The van der Waals surface area contributed by atoms with Gasteiger partial charge in [0.1, 0.15) is 5.75 Å². The summed E-state index contributed by atoms with van der Waals surface area (Å²) in [5.41, 5.74) is 2.65. The van der Waals surface area contributed by atoms with Crippen LogP contribution in [0.4, 0.5) is 0 Å². The Labute approximate surface area is 161 Å². The first-order chi connectivity index (χ1) is 12.6. The van der Waals surface area contributed by atoms with E-state index in [0.29, 0.717) is 21.1 Å². The molecule has 7 heteroatoms. The van der Waals surface area contributed by atoms with Gasteiger partial charge in [-0.25, -0.2) is 4.40 Å². The summed E-state index contributed by atoms with van der Waals surface area (Å²) < 4.78 is 8.47. The zero-order valence-corrected chi connectivity index (χ0v) is 16.5. The highest BCUT2D eigenvalue weighted by Gasteiger charge is 2.15. The number of methoxy groups -OCH3 is 1. The lowest BCUT2D eigenvalue weighted by atomic mass is 10.1. The highest BCUT2D eigenvalue weighted by Crippen LogP contribution is 2.24. The van der Waals surface area contributed by atoms with Crippen molar-refractivity contribution >= 4 is 38.3 Å². The Hall–Kier alpha value is -2.51. The number of aromatic nitrogens is 3. The van der Waals surface area contributed by atoms with Crippen molar-refractivity contribution in [2.45, 2.75) is 6.92 Å². The number of thiazole rings is 1. The van der Waals surface area contributed by atoms with Gasteiger partial charge in [-0.05, 0) is 36.8 Å². The number of fused-ring (bicyclic) bond motifs is 1. The van der Waals surface area contributed by atoms with Gasteiger partial charge >= 0.3 is 0 Å². The molecule has 2 aromatic carbocycles. The smallest absolute Gasteiger partial charge is 0.276 e. The van der Waals surface area contributed by atoms with E-state index >= 15 is 0 Å². The number of hydrogen-bond donors (Lipinski definition) is 0. The molecule has 4 aromatic rings. The molecule has 4 rings (SSSR count). The number of halogens is 1. The lowest BCUT2D eigenvalue weighted by molar-refractivity contribution is 0.414. The van der Waals surface area contributed by atoms with Crippen LogP contribution in [0, 0.1) is 6.92 Å². The lowest BCUT2D eigenvalue weighted by Gasteiger charge is -2.04. The average Bonchev–Trinajstić information content (AvgIpc) is 3.17. The molecule has 0 fully saturated rings. The van der Waals surface area contributed by atoms with Crippen LogP contribution in [0.3, 0.4) is 0 Å². The van der Waals surface area contributed by atoms with E-state index in [-0.39, 0.29) is 5.56 Å². The highest BCUT2D eigenvalue weighted by molar-refractivity contribution is 9.10. The minimum atomic E-state index is -0.129. The van der Waals surface area contributed by atoms with Gasteiger partial charge in [0.2, 0.25) is 4.96 Å². The van der Waals surface area contributed by atoms with Crippen molar-refractivity contribution in [3.63, 3.8) is 0 Å². The molecule has 0 saturated carbocycles.